The molecule has 0 bridgehead atoms. The molecule has 0 N–H and O–H groups in total. The minimum Gasteiger partial charge on any atom is -0.454 e. The summed E-state index contributed by atoms with van der Waals surface area (Å²) in [6, 6.07) is 27.1. The van der Waals surface area contributed by atoms with Crippen molar-refractivity contribution in [3.63, 3.8) is 0 Å². The second-order valence-corrected chi connectivity index (χ2v) is 10.0. The van der Waals surface area contributed by atoms with Crippen molar-refractivity contribution < 1.29 is 23.9 Å². The third-order valence-electron chi connectivity index (χ3n) is 6.93. The van der Waals surface area contributed by atoms with E-state index in [0.29, 0.717) is 49.6 Å². The second-order valence-electron chi connectivity index (χ2n) is 9.59. The van der Waals surface area contributed by atoms with Gasteiger partial charge in [-0.05, 0) is 43.3 Å². The van der Waals surface area contributed by atoms with Gasteiger partial charge in [-0.25, -0.2) is 14.7 Å². The zero-order valence-corrected chi connectivity index (χ0v) is 22.5. The Morgan fingerprint density at radius 1 is 0.829 bits per heavy atom. The second kappa shape index (κ2) is 10.4. The van der Waals surface area contributed by atoms with Crippen molar-refractivity contribution in [3.8, 4) is 11.3 Å². The summed E-state index contributed by atoms with van der Waals surface area (Å²) in [5, 5.41) is 0.827. The monoisotopic (exact) mass is 560 g/mol. The fourth-order valence-electron chi connectivity index (χ4n) is 4.77. The number of pyridine rings is 1. The zero-order chi connectivity index (χ0) is 28.7. The van der Waals surface area contributed by atoms with Crippen LogP contribution in [0.3, 0.4) is 0 Å². The molecule has 0 fully saturated rings. The quantitative estimate of drug-likeness (QED) is 0.130. The van der Waals surface area contributed by atoms with Gasteiger partial charge in [-0.3, -0.25) is 14.4 Å². The van der Waals surface area contributed by atoms with Crippen LogP contribution in [0.25, 0.3) is 22.2 Å². The molecule has 7 nitrogen and oxygen atoms in total. The van der Waals surface area contributed by atoms with Gasteiger partial charge in [0.1, 0.15) is 0 Å². The topological polar surface area (TPSA) is 93.6 Å². The van der Waals surface area contributed by atoms with Gasteiger partial charge < -0.3 is 4.74 Å². The normalized spacial score (nSPS) is 12.5. The molecular formula is C33H21ClN2O5. The van der Waals surface area contributed by atoms with E-state index in [2.05, 4.69) is 4.98 Å². The van der Waals surface area contributed by atoms with Gasteiger partial charge in [0, 0.05) is 16.5 Å². The molecule has 8 heteroatoms. The molecule has 0 aliphatic carbocycles. The summed E-state index contributed by atoms with van der Waals surface area (Å²) < 4.78 is 5.41. The number of carbonyl (C=O) groups excluding carboxylic acids is 4. The zero-order valence-electron chi connectivity index (χ0n) is 21.8. The molecule has 1 aliphatic rings. The highest BCUT2D eigenvalue weighted by molar-refractivity contribution is 6.35. The smallest absolute Gasteiger partial charge is 0.339 e. The number of fused-ring (bicyclic) bond motifs is 2. The standard InChI is InChI=1S/C33H21ClN2O5/c1-19-9-11-21(12-10-19)29(37)18-41-33(40)26-17-28(35-30-23(26)7-4-8-27(30)34)20-13-15-22(16-14-20)36-31(38)24-5-2-3-6-25(24)32(36)39/h2-17H,18H2,1H3. The SMILES string of the molecule is Cc1ccc(C(=O)COC(=O)c2cc(-c3ccc(N4C(=O)c5ccccc5C4=O)cc3)nc3c(Cl)cccc23)cc1. The van der Waals surface area contributed by atoms with Crippen molar-refractivity contribution >= 4 is 51.8 Å². The van der Waals surface area contributed by atoms with E-state index in [-0.39, 0.29) is 23.2 Å². The number of hydrogen-bond acceptors (Lipinski definition) is 6. The first-order chi connectivity index (χ1) is 19.8. The molecule has 0 saturated carbocycles. The Morgan fingerprint density at radius 3 is 2.15 bits per heavy atom. The van der Waals surface area contributed by atoms with Crippen LogP contribution < -0.4 is 4.90 Å². The van der Waals surface area contributed by atoms with E-state index < -0.39 is 12.6 Å². The number of imide groups is 1. The van der Waals surface area contributed by atoms with Crippen LogP contribution in [-0.2, 0) is 4.74 Å². The molecule has 5 aromatic rings. The van der Waals surface area contributed by atoms with Crippen molar-refractivity contribution in [2.45, 2.75) is 6.92 Å². The van der Waals surface area contributed by atoms with Gasteiger partial charge in [-0.15, -0.1) is 0 Å². The van der Waals surface area contributed by atoms with Crippen molar-refractivity contribution in [3.05, 3.63) is 130 Å². The maximum Gasteiger partial charge on any atom is 0.339 e. The lowest BCUT2D eigenvalue weighted by molar-refractivity contribution is 0.0476. The number of aromatic nitrogens is 1. The Morgan fingerprint density at radius 2 is 1.49 bits per heavy atom. The lowest BCUT2D eigenvalue weighted by Gasteiger charge is -2.15. The number of carbonyl (C=O) groups is 4. The molecule has 1 aliphatic heterocycles. The van der Waals surface area contributed by atoms with Gasteiger partial charge in [-0.2, -0.15) is 0 Å². The van der Waals surface area contributed by atoms with Crippen LogP contribution in [0, 0.1) is 6.92 Å². The molecule has 0 radical (unpaired) electrons. The van der Waals surface area contributed by atoms with E-state index >= 15 is 0 Å². The van der Waals surface area contributed by atoms with E-state index in [1.165, 1.54) is 0 Å². The summed E-state index contributed by atoms with van der Waals surface area (Å²) in [7, 11) is 0. The van der Waals surface area contributed by atoms with Crippen LogP contribution in [0.5, 0.6) is 0 Å². The molecule has 6 rings (SSSR count). The number of nitrogens with zero attached hydrogens (tertiary/aromatic N) is 2. The summed E-state index contributed by atoms with van der Waals surface area (Å²) in [4.78, 5) is 57.4. The number of amides is 2. The Labute approximate surface area is 240 Å². The maximum atomic E-state index is 13.2. The molecule has 0 atom stereocenters. The predicted molar refractivity (Wildman–Crippen MR) is 156 cm³/mol. The molecule has 0 spiro atoms. The van der Waals surface area contributed by atoms with Gasteiger partial charge in [0.2, 0.25) is 0 Å². The summed E-state index contributed by atoms with van der Waals surface area (Å²) in [5.74, 6) is -1.79. The average molecular weight is 561 g/mol. The molecule has 4 aromatic carbocycles. The molecule has 2 heterocycles. The molecule has 2 amide bonds. The number of anilines is 1. The fourth-order valence-corrected chi connectivity index (χ4v) is 4.98. The molecule has 0 saturated heterocycles. The Kier molecular flexibility index (Phi) is 6.65. The highest BCUT2D eigenvalue weighted by Gasteiger charge is 2.36. The van der Waals surface area contributed by atoms with Gasteiger partial charge in [0.25, 0.3) is 11.8 Å². The third-order valence-corrected chi connectivity index (χ3v) is 7.24. The molecule has 41 heavy (non-hydrogen) atoms. The predicted octanol–water partition coefficient (Wildman–Crippen LogP) is 6.70. The number of hydrogen-bond donors (Lipinski definition) is 0. The number of esters is 1. The van der Waals surface area contributed by atoms with E-state index in [9.17, 15) is 19.2 Å². The van der Waals surface area contributed by atoms with Crippen molar-refractivity contribution in [1.29, 1.82) is 0 Å². The summed E-state index contributed by atoms with van der Waals surface area (Å²) in [5.41, 5.74) is 4.24. The number of aryl methyl sites for hydroxylation is 1. The van der Waals surface area contributed by atoms with Crippen LogP contribution in [0.1, 0.15) is 47.0 Å². The number of rotatable bonds is 6. The number of halogens is 1. The molecule has 1 aromatic heterocycles. The van der Waals surface area contributed by atoms with Gasteiger partial charge in [-0.1, -0.05) is 77.8 Å². The summed E-state index contributed by atoms with van der Waals surface area (Å²) in [6.45, 7) is 1.50. The molecular weight excluding hydrogens is 540 g/mol. The number of para-hydroxylation sites is 1. The minimum absolute atomic E-state index is 0.202. The largest absolute Gasteiger partial charge is 0.454 e. The Hall–Kier alpha value is -5.14. The van der Waals surface area contributed by atoms with Crippen LogP contribution in [0.15, 0.2) is 97.1 Å². The van der Waals surface area contributed by atoms with Crippen LogP contribution >= 0.6 is 11.6 Å². The number of ether oxygens (including phenoxy) is 1. The lowest BCUT2D eigenvalue weighted by Crippen LogP contribution is -2.29. The van der Waals surface area contributed by atoms with E-state index in [1.54, 1.807) is 84.9 Å². The Balaban J connectivity index is 1.30. The fraction of sp³-hybridized carbons (Fsp3) is 0.0606. The summed E-state index contributed by atoms with van der Waals surface area (Å²) >= 11 is 6.45. The van der Waals surface area contributed by atoms with Gasteiger partial charge in [0.15, 0.2) is 12.4 Å². The number of ketones is 1. The highest BCUT2D eigenvalue weighted by atomic mass is 35.5. The first-order valence-corrected chi connectivity index (χ1v) is 13.1. The minimum atomic E-state index is -0.691. The summed E-state index contributed by atoms with van der Waals surface area (Å²) in [6.07, 6.45) is 0. The molecule has 0 unspecified atom stereocenters. The third kappa shape index (κ3) is 4.77. The average Bonchev–Trinajstić information content (AvgIpc) is 3.25. The maximum absolute atomic E-state index is 13.2. The highest BCUT2D eigenvalue weighted by Crippen LogP contribution is 2.32. The van der Waals surface area contributed by atoms with Crippen LogP contribution in [-0.4, -0.2) is 35.2 Å². The van der Waals surface area contributed by atoms with Crippen molar-refractivity contribution in [2.24, 2.45) is 0 Å². The molecule has 200 valence electrons. The number of benzene rings is 4. The van der Waals surface area contributed by atoms with Crippen molar-refractivity contribution in [1.82, 2.24) is 4.98 Å². The first-order valence-electron chi connectivity index (χ1n) is 12.8. The Bertz CT molecular complexity index is 1850. The van der Waals surface area contributed by atoms with Crippen LogP contribution in [0.4, 0.5) is 5.69 Å². The first kappa shape index (κ1) is 26.1. The van der Waals surface area contributed by atoms with E-state index in [4.69, 9.17) is 16.3 Å². The van der Waals surface area contributed by atoms with E-state index in [0.717, 1.165) is 10.5 Å². The van der Waals surface area contributed by atoms with E-state index in [1.807, 2.05) is 19.1 Å². The van der Waals surface area contributed by atoms with Gasteiger partial charge in [0.05, 0.1) is 38.6 Å². The van der Waals surface area contributed by atoms with Gasteiger partial charge >= 0.3 is 5.97 Å². The van der Waals surface area contributed by atoms with Crippen LogP contribution in [0.2, 0.25) is 5.02 Å². The lowest BCUT2D eigenvalue weighted by atomic mass is 10.0. The number of Topliss-reactive ketones (excluding diaryl/α,β-unsaturated/α-hetero) is 1. The van der Waals surface area contributed by atoms with Crippen molar-refractivity contribution in [2.75, 3.05) is 11.5 Å².